The number of amides is 1. The van der Waals surface area contributed by atoms with Crippen LogP contribution in [0.4, 0.5) is 5.69 Å². The Kier molecular flexibility index (Phi) is 5.09. The molecule has 22 heavy (non-hydrogen) atoms. The summed E-state index contributed by atoms with van der Waals surface area (Å²) in [4.78, 5) is 20.3. The van der Waals surface area contributed by atoms with E-state index in [0.29, 0.717) is 10.3 Å². The van der Waals surface area contributed by atoms with Gasteiger partial charge in [-0.25, -0.2) is 0 Å². The first-order chi connectivity index (χ1) is 10.0. The number of aryl methyl sites for hydroxylation is 1. The molecule has 0 aliphatic carbocycles. The molecule has 1 aliphatic rings. The van der Waals surface area contributed by atoms with Crippen molar-refractivity contribution >= 4 is 17.6 Å². The summed E-state index contributed by atoms with van der Waals surface area (Å²) in [6.45, 7) is 8.49. The number of hydrogen-bond acceptors (Lipinski definition) is 4. The summed E-state index contributed by atoms with van der Waals surface area (Å²) in [5.41, 5.74) is 5.88. The molecular formula is C16H23N2O4+. The van der Waals surface area contributed by atoms with E-state index in [1.807, 2.05) is 27.0 Å². The molecule has 2 rings (SSSR count). The minimum Gasteiger partial charge on any atom is -0.550 e. The molecule has 0 fully saturated rings. The molecule has 6 heteroatoms. The highest BCUT2D eigenvalue weighted by Gasteiger charge is 2.55. The number of carbonyl (C=O) groups excluding carboxylic acids is 2. The van der Waals surface area contributed by atoms with Gasteiger partial charge >= 0.3 is 0 Å². The summed E-state index contributed by atoms with van der Waals surface area (Å²) >= 11 is 0. The number of nitrogens with zero attached hydrogens (tertiary/aromatic N) is 1. The Morgan fingerprint density at radius 2 is 1.86 bits per heavy atom. The number of phenolic OH excluding ortho intramolecular Hbond substituents is 1. The van der Waals surface area contributed by atoms with Crippen molar-refractivity contribution in [3.05, 3.63) is 29.2 Å². The second-order valence-electron chi connectivity index (χ2n) is 5.75. The lowest BCUT2D eigenvalue weighted by atomic mass is 9.97. The monoisotopic (exact) mass is 307 g/mol. The lowest BCUT2D eigenvalue weighted by Crippen LogP contribution is -2.61. The number of likely N-dealkylation sites (N-methyl/N-ethyl adjacent to an activating group) is 1. The van der Waals surface area contributed by atoms with Crippen molar-refractivity contribution in [1.82, 2.24) is 10.0 Å². The molecule has 1 heterocycles. The molecule has 0 saturated heterocycles. The summed E-state index contributed by atoms with van der Waals surface area (Å²) in [6.07, 6.45) is 0. The highest BCUT2D eigenvalue weighted by Crippen LogP contribution is 2.45. The number of rotatable bonds is 1. The molecule has 1 aromatic rings. The van der Waals surface area contributed by atoms with E-state index in [4.69, 9.17) is 9.90 Å². The molecule has 2 N–H and O–H groups in total. The van der Waals surface area contributed by atoms with Crippen LogP contribution in [0.3, 0.4) is 0 Å². The van der Waals surface area contributed by atoms with Crippen LogP contribution < -0.4 is 15.1 Å². The van der Waals surface area contributed by atoms with Gasteiger partial charge in [-0.2, -0.15) is 5.43 Å². The lowest BCUT2D eigenvalue weighted by Gasteiger charge is -2.29. The van der Waals surface area contributed by atoms with Gasteiger partial charge < -0.3 is 15.0 Å². The SMILES string of the molecule is CC(=O)N[N+]1(C)c2cc(C)c(O)cc2[C+](C)C1C.CC(=O)[O-]. The normalized spacial score (nSPS) is 22.5. The van der Waals surface area contributed by atoms with Crippen molar-refractivity contribution in [2.24, 2.45) is 0 Å². The van der Waals surface area contributed by atoms with Crippen molar-refractivity contribution in [3.8, 4) is 5.75 Å². The maximum atomic E-state index is 11.4. The summed E-state index contributed by atoms with van der Waals surface area (Å²) in [5, 5.41) is 18.7. The molecule has 0 saturated carbocycles. The molecule has 0 radical (unpaired) electrons. The molecule has 0 spiro atoms. The third-order valence-corrected chi connectivity index (χ3v) is 4.03. The fourth-order valence-electron chi connectivity index (χ4n) is 2.69. The van der Waals surface area contributed by atoms with E-state index in [-0.39, 0.29) is 11.9 Å². The van der Waals surface area contributed by atoms with Crippen LogP contribution in [0.2, 0.25) is 0 Å². The largest absolute Gasteiger partial charge is 0.550 e. The number of hydrogen-bond donors (Lipinski definition) is 2. The summed E-state index contributed by atoms with van der Waals surface area (Å²) in [6, 6.07) is 3.90. The van der Waals surface area contributed by atoms with Crippen LogP contribution in [0.15, 0.2) is 12.1 Å². The topological polar surface area (TPSA) is 89.5 Å². The Morgan fingerprint density at radius 3 is 2.32 bits per heavy atom. The van der Waals surface area contributed by atoms with E-state index < -0.39 is 5.97 Å². The number of nitrogens with one attached hydrogen (secondary N) is 1. The second-order valence-corrected chi connectivity index (χ2v) is 5.75. The Hall–Kier alpha value is -2.21. The van der Waals surface area contributed by atoms with E-state index in [9.17, 15) is 9.90 Å². The van der Waals surface area contributed by atoms with Gasteiger partial charge in [0.25, 0.3) is 11.6 Å². The van der Waals surface area contributed by atoms with E-state index >= 15 is 0 Å². The summed E-state index contributed by atoms with van der Waals surface area (Å²) in [5.74, 6) is 0.337. The van der Waals surface area contributed by atoms with Crippen LogP contribution in [-0.2, 0) is 9.59 Å². The minimum absolute atomic E-state index is 0.0595. The quantitative estimate of drug-likeness (QED) is 0.593. The van der Waals surface area contributed by atoms with Crippen LogP contribution in [-0.4, -0.2) is 30.1 Å². The average Bonchev–Trinajstić information content (AvgIpc) is 2.52. The number of carboxylic acids is 1. The van der Waals surface area contributed by atoms with Crippen molar-refractivity contribution in [1.29, 1.82) is 0 Å². The summed E-state index contributed by atoms with van der Waals surface area (Å²) in [7, 11) is 1.98. The van der Waals surface area contributed by atoms with Gasteiger partial charge in [0, 0.05) is 32.3 Å². The van der Waals surface area contributed by atoms with Crippen LogP contribution in [0, 0.1) is 12.8 Å². The molecule has 120 valence electrons. The molecule has 0 aromatic heterocycles. The van der Waals surface area contributed by atoms with Gasteiger partial charge in [0.15, 0.2) is 11.8 Å². The third kappa shape index (κ3) is 3.33. The van der Waals surface area contributed by atoms with Crippen LogP contribution in [0.5, 0.6) is 5.75 Å². The van der Waals surface area contributed by atoms with Crippen molar-refractivity contribution in [2.75, 3.05) is 7.05 Å². The molecule has 1 amide bonds. The van der Waals surface area contributed by atoms with E-state index in [0.717, 1.165) is 23.7 Å². The standard InChI is InChI=1S/C14H18N2O2.C2H4O2/c1-8-6-13-12(7-14(8)18)9(2)10(3)16(13,5)15-11(4)17;1-2(3)4/h6-7,10H,1-5H3;1H3,(H,3,4)/p+1. The summed E-state index contributed by atoms with van der Waals surface area (Å²) < 4.78 is 0.359. The van der Waals surface area contributed by atoms with Gasteiger partial charge in [0.2, 0.25) is 5.56 Å². The van der Waals surface area contributed by atoms with E-state index in [1.165, 1.54) is 12.8 Å². The number of carbonyl (C=O) groups is 2. The zero-order valence-electron chi connectivity index (χ0n) is 13.9. The van der Waals surface area contributed by atoms with Crippen LogP contribution >= 0.6 is 0 Å². The predicted molar refractivity (Wildman–Crippen MR) is 82.5 cm³/mol. The maximum absolute atomic E-state index is 11.4. The van der Waals surface area contributed by atoms with Crippen molar-refractivity contribution < 1.29 is 19.8 Å². The first-order valence-corrected chi connectivity index (χ1v) is 7.01. The Morgan fingerprint density at radius 1 is 1.36 bits per heavy atom. The number of benzene rings is 1. The fraction of sp³-hybridized carbons (Fsp3) is 0.438. The molecule has 2 atom stereocenters. The number of phenols is 1. The van der Waals surface area contributed by atoms with Crippen LogP contribution in [0.25, 0.3) is 0 Å². The smallest absolute Gasteiger partial charge is 0.266 e. The number of carboxylic acid groups (broad SMARTS) is 1. The molecule has 0 bridgehead atoms. The minimum atomic E-state index is -1.08. The predicted octanol–water partition coefficient (Wildman–Crippen LogP) is 0.790. The highest BCUT2D eigenvalue weighted by atomic mass is 16.4. The van der Waals surface area contributed by atoms with Gasteiger partial charge in [-0.3, -0.25) is 4.79 Å². The Labute approximate surface area is 130 Å². The number of quaternary nitrogens is 1. The fourth-order valence-corrected chi connectivity index (χ4v) is 2.69. The molecule has 6 nitrogen and oxygen atoms in total. The number of aromatic hydroxyl groups is 1. The van der Waals surface area contributed by atoms with Crippen molar-refractivity contribution in [2.45, 2.75) is 40.7 Å². The maximum Gasteiger partial charge on any atom is 0.266 e. The lowest BCUT2D eigenvalue weighted by molar-refractivity contribution is -0.302. The van der Waals surface area contributed by atoms with Gasteiger partial charge in [0.1, 0.15) is 13.0 Å². The zero-order valence-corrected chi connectivity index (χ0v) is 13.9. The van der Waals surface area contributed by atoms with Gasteiger partial charge in [0.05, 0.1) is 12.1 Å². The Balaban J connectivity index is 0.000000541. The van der Waals surface area contributed by atoms with Crippen LogP contribution in [0.1, 0.15) is 38.8 Å². The molecular weight excluding hydrogens is 284 g/mol. The zero-order chi connectivity index (χ0) is 17.2. The van der Waals surface area contributed by atoms with Crippen molar-refractivity contribution in [3.63, 3.8) is 0 Å². The van der Waals surface area contributed by atoms with E-state index in [1.54, 1.807) is 6.07 Å². The number of aliphatic carboxylic acids is 1. The first kappa shape index (κ1) is 17.8. The molecule has 2 unspecified atom stereocenters. The number of fused-ring (bicyclic) bond motifs is 1. The average molecular weight is 307 g/mol. The van der Waals surface area contributed by atoms with E-state index in [2.05, 4.69) is 12.3 Å². The van der Waals surface area contributed by atoms with Gasteiger partial charge in [-0.15, -0.1) is 4.59 Å². The first-order valence-electron chi connectivity index (χ1n) is 7.01. The third-order valence-electron chi connectivity index (χ3n) is 4.03. The molecule has 1 aliphatic heterocycles. The highest BCUT2D eigenvalue weighted by molar-refractivity contribution is 5.77. The second kappa shape index (κ2) is 6.27. The van der Waals surface area contributed by atoms with Gasteiger partial charge in [-0.1, -0.05) is 0 Å². The van der Waals surface area contributed by atoms with Gasteiger partial charge in [-0.05, 0) is 13.8 Å². The molecule has 1 aromatic carbocycles. The Bertz CT molecular complexity index is 596.